The predicted molar refractivity (Wildman–Crippen MR) is 190 cm³/mol. The van der Waals surface area contributed by atoms with Crippen molar-refractivity contribution in [3.63, 3.8) is 0 Å². The number of hydrogen-bond donors (Lipinski definition) is 0. The first-order valence-electron chi connectivity index (χ1n) is 15.1. The summed E-state index contributed by atoms with van der Waals surface area (Å²) in [6, 6.07) is 46.4. The number of carbonyl (C=O) groups excluding carboxylic acids is 1. The topological polar surface area (TPSA) is 45.4 Å². The second-order valence-corrected chi connectivity index (χ2v) is 11.9. The van der Waals surface area contributed by atoms with E-state index in [0.29, 0.717) is 23.2 Å². The van der Waals surface area contributed by atoms with Crippen molar-refractivity contribution in [3.05, 3.63) is 150 Å². The summed E-state index contributed by atoms with van der Waals surface area (Å²) in [5.74, 6) is 0.215. The van der Waals surface area contributed by atoms with E-state index in [-0.39, 0.29) is 0 Å². The van der Waals surface area contributed by atoms with Crippen LogP contribution in [0.4, 0.5) is 0 Å². The summed E-state index contributed by atoms with van der Waals surface area (Å²) in [6.45, 7) is 0.307. The SMILES string of the molecule is COC(=O)c1cc(CBr)cc(OCc2cc(-n3c4ccccc4c4ccccc43)cc(-n3c4ccccc4c4ccccc43)c2)c1. The first kappa shape index (κ1) is 28.2. The predicted octanol–water partition coefficient (Wildman–Crippen LogP) is 10.1. The summed E-state index contributed by atoms with van der Waals surface area (Å²) < 4.78 is 16.1. The largest absolute Gasteiger partial charge is 0.489 e. The van der Waals surface area contributed by atoms with Gasteiger partial charge < -0.3 is 18.6 Å². The average Bonchev–Trinajstić information content (AvgIpc) is 3.63. The fourth-order valence-corrected chi connectivity index (χ4v) is 6.95. The van der Waals surface area contributed by atoms with Crippen molar-refractivity contribution in [2.24, 2.45) is 0 Å². The second kappa shape index (κ2) is 11.5. The average molecular weight is 666 g/mol. The normalized spacial score (nSPS) is 11.5. The highest BCUT2D eigenvalue weighted by Gasteiger charge is 2.17. The highest BCUT2D eigenvalue weighted by molar-refractivity contribution is 9.08. The van der Waals surface area contributed by atoms with Gasteiger partial charge in [-0.3, -0.25) is 0 Å². The highest BCUT2D eigenvalue weighted by Crippen LogP contribution is 2.36. The Labute approximate surface area is 274 Å². The Morgan fingerprint density at radius 2 is 1.04 bits per heavy atom. The van der Waals surface area contributed by atoms with Crippen LogP contribution in [-0.4, -0.2) is 22.2 Å². The van der Waals surface area contributed by atoms with E-state index in [1.54, 1.807) is 6.07 Å². The number of hydrogen-bond acceptors (Lipinski definition) is 3. The van der Waals surface area contributed by atoms with Crippen molar-refractivity contribution in [2.45, 2.75) is 11.9 Å². The van der Waals surface area contributed by atoms with Gasteiger partial charge in [0.2, 0.25) is 0 Å². The van der Waals surface area contributed by atoms with Gasteiger partial charge in [0.15, 0.2) is 0 Å². The number of halogens is 1. The molecule has 0 saturated carbocycles. The molecule has 0 N–H and O–H groups in total. The van der Waals surface area contributed by atoms with Crippen LogP contribution in [0.5, 0.6) is 5.75 Å². The Kier molecular flexibility index (Phi) is 7.07. The molecular weight excluding hydrogens is 636 g/mol. The van der Waals surface area contributed by atoms with Crippen LogP contribution >= 0.6 is 15.9 Å². The standard InChI is InChI=1S/C40H29BrN2O3/c1-45-40(44)28-18-26(24-41)21-31(22-28)46-25-27-19-29(42-36-14-6-2-10-32(36)33-11-3-7-15-37(33)42)23-30(20-27)43-38-16-8-4-12-34(38)35-13-5-9-17-39(35)43/h2-23H,24-25H2,1H3. The lowest BCUT2D eigenvalue weighted by atomic mass is 10.1. The van der Waals surface area contributed by atoms with E-state index < -0.39 is 5.97 Å². The van der Waals surface area contributed by atoms with Crippen LogP contribution in [0.15, 0.2) is 133 Å². The van der Waals surface area contributed by atoms with Crippen LogP contribution in [0.1, 0.15) is 21.5 Å². The molecule has 2 heterocycles. The van der Waals surface area contributed by atoms with Crippen LogP contribution in [0.3, 0.4) is 0 Å². The molecule has 0 saturated heterocycles. The molecule has 0 bridgehead atoms. The summed E-state index contributed by atoms with van der Waals surface area (Å²) in [5.41, 5.74) is 9.04. The van der Waals surface area contributed by atoms with E-state index in [4.69, 9.17) is 9.47 Å². The van der Waals surface area contributed by atoms with E-state index in [9.17, 15) is 4.79 Å². The van der Waals surface area contributed by atoms with Crippen molar-refractivity contribution in [1.82, 2.24) is 9.13 Å². The van der Waals surface area contributed by atoms with Crippen molar-refractivity contribution >= 4 is 65.5 Å². The molecule has 2 aromatic heterocycles. The van der Waals surface area contributed by atoms with Crippen LogP contribution in [-0.2, 0) is 16.7 Å². The minimum atomic E-state index is -0.394. The van der Waals surface area contributed by atoms with Crippen molar-refractivity contribution < 1.29 is 14.3 Å². The second-order valence-electron chi connectivity index (χ2n) is 11.4. The third-order valence-corrected chi connectivity index (χ3v) is 9.23. The molecule has 6 aromatic carbocycles. The molecule has 8 aromatic rings. The minimum Gasteiger partial charge on any atom is -0.489 e. The summed E-state index contributed by atoms with van der Waals surface area (Å²) in [7, 11) is 1.39. The van der Waals surface area contributed by atoms with E-state index in [0.717, 1.165) is 44.6 Å². The first-order chi connectivity index (χ1) is 22.6. The fourth-order valence-electron chi connectivity index (χ4n) is 6.62. The van der Waals surface area contributed by atoms with Gasteiger partial charge >= 0.3 is 5.97 Å². The van der Waals surface area contributed by atoms with E-state index in [1.807, 2.05) is 12.1 Å². The van der Waals surface area contributed by atoms with Gasteiger partial charge in [-0.25, -0.2) is 4.79 Å². The zero-order valence-corrected chi connectivity index (χ0v) is 26.7. The molecule has 0 fully saturated rings. The van der Waals surface area contributed by atoms with Crippen LogP contribution < -0.4 is 4.74 Å². The van der Waals surface area contributed by atoms with Gasteiger partial charge in [-0.1, -0.05) is 88.7 Å². The molecule has 0 aliphatic rings. The molecule has 224 valence electrons. The van der Waals surface area contributed by atoms with Gasteiger partial charge in [-0.2, -0.15) is 0 Å². The number of methoxy groups -OCH3 is 1. The number of ether oxygens (including phenoxy) is 2. The number of para-hydroxylation sites is 4. The number of alkyl halides is 1. The molecule has 0 radical (unpaired) electrons. The van der Waals surface area contributed by atoms with E-state index in [2.05, 4.69) is 140 Å². The maximum Gasteiger partial charge on any atom is 0.337 e. The van der Waals surface area contributed by atoms with Gasteiger partial charge in [-0.05, 0) is 71.8 Å². The molecule has 0 aliphatic heterocycles. The van der Waals surface area contributed by atoms with Crippen molar-refractivity contribution in [3.8, 4) is 17.1 Å². The van der Waals surface area contributed by atoms with Gasteiger partial charge in [0.25, 0.3) is 0 Å². The minimum absolute atomic E-state index is 0.307. The van der Waals surface area contributed by atoms with Crippen LogP contribution in [0.2, 0.25) is 0 Å². The Hall–Kier alpha value is -5.33. The lowest BCUT2D eigenvalue weighted by Crippen LogP contribution is -2.05. The van der Waals surface area contributed by atoms with Gasteiger partial charge in [-0.15, -0.1) is 0 Å². The van der Waals surface area contributed by atoms with Crippen molar-refractivity contribution in [1.29, 1.82) is 0 Å². The maximum absolute atomic E-state index is 12.4. The first-order valence-corrected chi connectivity index (χ1v) is 16.3. The quantitative estimate of drug-likeness (QED) is 0.126. The monoisotopic (exact) mass is 664 g/mol. The number of nitrogens with zero attached hydrogens (tertiary/aromatic N) is 2. The Bertz CT molecular complexity index is 2200. The lowest BCUT2D eigenvalue weighted by Gasteiger charge is -2.16. The maximum atomic E-state index is 12.4. The Balaban J connectivity index is 1.34. The van der Waals surface area contributed by atoms with Crippen LogP contribution in [0, 0.1) is 0 Å². The third kappa shape index (κ3) is 4.73. The number of benzene rings is 6. The molecule has 0 unspecified atom stereocenters. The Morgan fingerprint density at radius 1 is 0.587 bits per heavy atom. The number of esters is 1. The highest BCUT2D eigenvalue weighted by atomic mass is 79.9. The Morgan fingerprint density at radius 3 is 1.48 bits per heavy atom. The van der Waals surface area contributed by atoms with E-state index >= 15 is 0 Å². The van der Waals surface area contributed by atoms with Gasteiger partial charge in [0, 0.05) is 38.2 Å². The zero-order chi connectivity index (χ0) is 31.2. The summed E-state index contributed by atoms with van der Waals surface area (Å²) in [5, 5.41) is 5.43. The molecule has 0 aliphatic carbocycles. The van der Waals surface area contributed by atoms with Crippen molar-refractivity contribution in [2.75, 3.05) is 7.11 Å². The third-order valence-electron chi connectivity index (χ3n) is 8.59. The smallest absolute Gasteiger partial charge is 0.337 e. The fraction of sp³-hybridized carbons (Fsp3) is 0.0750. The summed E-state index contributed by atoms with van der Waals surface area (Å²) >= 11 is 3.52. The summed E-state index contributed by atoms with van der Waals surface area (Å²) in [6.07, 6.45) is 0. The zero-order valence-electron chi connectivity index (χ0n) is 25.1. The molecule has 46 heavy (non-hydrogen) atoms. The molecular formula is C40H29BrN2O3. The molecule has 0 amide bonds. The number of rotatable bonds is 7. The summed E-state index contributed by atoms with van der Waals surface area (Å²) in [4.78, 5) is 12.4. The molecule has 8 rings (SSSR count). The van der Waals surface area contributed by atoms with Gasteiger partial charge in [0.1, 0.15) is 12.4 Å². The number of fused-ring (bicyclic) bond motifs is 6. The molecule has 0 atom stereocenters. The van der Waals surface area contributed by atoms with Crippen LogP contribution in [0.25, 0.3) is 55.0 Å². The van der Waals surface area contributed by atoms with Gasteiger partial charge in [0.05, 0.1) is 34.7 Å². The molecule has 6 heteroatoms. The number of aromatic nitrogens is 2. The number of carbonyl (C=O) groups is 1. The molecule has 0 spiro atoms. The molecule has 5 nitrogen and oxygen atoms in total. The van der Waals surface area contributed by atoms with E-state index in [1.165, 1.54) is 28.7 Å². The lowest BCUT2D eigenvalue weighted by molar-refractivity contribution is 0.0600.